The second-order valence-electron chi connectivity index (χ2n) is 9.09. The summed E-state index contributed by atoms with van der Waals surface area (Å²) in [5.74, 6) is 4.60. The summed E-state index contributed by atoms with van der Waals surface area (Å²) in [7, 11) is -2.78. The Morgan fingerprint density at radius 2 is 1.19 bits per heavy atom. The molecule has 0 bridgehead atoms. The van der Waals surface area contributed by atoms with Crippen LogP contribution in [-0.4, -0.2) is 81.9 Å². The number of piperazine rings is 2. The number of nitrogens with zero attached hydrogens (tertiary/aromatic N) is 2. The van der Waals surface area contributed by atoms with Crippen LogP contribution in [0.1, 0.15) is 0 Å². The standard InChI is InChI=1S/C15H23N2OP.C10H11OP.C4H10N2/c1-3-19(18,15-7-5-4-6-8-15)14-13-17-11-9-16(2)10-12-17;1-3-12(11,4-2)10-8-6-5-7-9-10;1-2-6-4-3-5-1/h3-8H,1,9-14H2,2H3;3-9H,1-2H2;5-6H,1-4H2. The summed E-state index contributed by atoms with van der Waals surface area (Å²) in [6, 6.07) is 19.0. The van der Waals surface area contributed by atoms with Gasteiger partial charge in [0, 0.05) is 75.7 Å². The molecule has 2 heterocycles. The van der Waals surface area contributed by atoms with Crippen molar-refractivity contribution in [3.8, 4) is 0 Å². The Kier molecular flexibility index (Phi) is 14.1. The summed E-state index contributed by atoms with van der Waals surface area (Å²) in [5, 5.41) is 8.16. The molecule has 0 aliphatic carbocycles. The van der Waals surface area contributed by atoms with Crippen LogP contribution in [0.25, 0.3) is 0 Å². The summed E-state index contributed by atoms with van der Waals surface area (Å²) in [5.41, 5.74) is 0. The molecule has 0 aromatic heterocycles. The molecule has 2 aliphatic rings. The van der Waals surface area contributed by atoms with Crippen molar-refractivity contribution in [2.45, 2.75) is 0 Å². The highest BCUT2D eigenvalue weighted by Crippen LogP contribution is 2.46. The van der Waals surface area contributed by atoms with Crippen molar-refractivity contribution in [2.24, 2.45) is 0 Å². The lowest BCUT2D eigenvalue weighted by Gasteiger charge is -2.33. The average molecular weight is 543 g/mol. The van der Waals surface area contributed by atoms with Crippen molar-refractivity contribution in [1.82, 2.24) is 20.4 Å². The number of nitrogens with one attached hydrogen (secondary N) is 2. The Balaban J connectivity index is 0.000000226. The van der Waals surface area contributed by atoms with Crippen molar-refractivity contribution in [2.75, 3.05) is 72.1 Å². The maximum atomic E-state index is 12.9. The molecule has 6 nitrogen and oxygen atoms in total. The molecule has 2 N–H and O–H groups in total. The molecule has 1 atom stereocenters. The first-order chi connectivity index (χ1) is 17.9. The monoisotopic (exact) mass is 542 g/mol. The molecule has 1 unspecified atom stereocenters. The zero-order valence-electron chi connectivity index (χ0n) is 22.3. The minimum Gasteiger partial charge on any atom is -0.314 e. The zero-order chi connectivity index (χ0) is 27.0. The Hall–Kier alpha value is -2.04. The van der Waals surface area contributed by atoms with Crippen LogP contribution in [-0.2, 0) is 9.13 Å². The van der Waals surface area contributed by atoms with E-state index >= 15 is 0 Å². The van der Waals surface area contributed by atoms with Gasteiger partial charge in [-0.2, -0.15) is 0 Å². The first kappa shape index (κ1) is 31.2. The molecule has 2 fully saturated rings. The first-order valence-corrected chi connectivity index (χ1v) is 16.7. The second-order valence-corrected chi connectivity index (χ2v) is 14.7. The molecular weight excluding hydrogens is 498 g/mol. The predicted molar refractivity (Wildman–Crippen MR) is 162 cm³/mol. The molecule has 0 saturated carbocycles. The van der Waals surface area contributed by atoms with Crippen LogP contribution in [0.2, 0.25) is 0 Å². The van der Waals surface area contributed by atoms with Crippen LogP contribution in [0.3, 0.4) is 0 Å². The van der Waals surface area contributed by atoms with Crippen molar-refractivity contribution >= 4 is 24.9 Å². The highest BCUT2D eigenvalue weighted by atomic mass is 31.2. The van der Waals surface area contributed by atoms with E-state index in [-0.39, 0.29) is 0 Å². The van der Waals surface area contributed by atoms with Crippen molar-refractivity contribution < 1.29 is 9.13 Å². The van der Waals surface area contributed by atoms with E-state index in [9.17, 15) is 9.13 Å². The third kappa shape index (κ3) is 10.7. The minimum atomic E-state index is -2.51. The summed E-state index contributed by atoms with van der Waals surface area (Å²) in [4.78, 5) is 4.74. The second kappa shape index (κ2) is 16.7. The summed E-state index contributed by atoms with van der Waals surface area (Å²) in [6.07, 6.45) is 0.699. The van der Waals surface area contributed by atoms with Crippen molar-refractivity contribution in [3.05, 3.63) is 97.9 Å². The fraction of sp³-hybridized carbons (Fsp3) is 0.379. The summed E-state index contributed by atoms with van der Waals surface area (Å²) in [6.45, 7) is 20.7. The van der Waals surface area contributed by atoms with E-state index in [1.54, 1.807) is 5.82 Å². The largest absolute Gasteiger partial charge is 0.314 e. The normalized spacial score (nSPS) is 18.1. The molecule has 2 aromatic carbocycles. The van der Waals surface area contributed by atoms with Gasteiger partial charge < -0.3 is 29.6 Å². The summed E-state index contributed by atoms with van der Waals surface area (Å²) >= 11 is 0. The molecule has 2 saturated heterocycles. The third-order valence-electron chi connectivity index (χ3n) is 6.49. The SMILES string of the molecule is C1CNCCN1.C=CP(=O)(C=C)c1ccccc1.C=CP(=O)(CCN1CCN(C)CC1)c1ccccc1. The molecular formula is C29H44N4O2P2. The van der Waals surface area contributed by atoms with Crippen LogP contribution in [0.15, 0.2) is 97.9 Å². The van der Waals surface area contributed by atoms with E-state index in [0.717, 1.165) is 69.5 Å². The van der Waals surface area contributed by atoms with Gasteiger partial charge in [-0.25, -0.2) is 0 Å². The van der Waals surface area contributed by atoms with E-state index < -0.39 is 14.3 Å². The van der Waals surface area contributed by atoms with E-state index in [2.05, 4.69) is 47.2 Å². The van der Waals surface area contributed by atoms with Gasteiger partial charge in [0.25, 0.3) is 0 Å². The smallest absolute Gasteiger partial charge is 0.156 e. The van der Waals surface area contributed by atoms with Gasteiger partial charge in [-0.15, -0.1) is 0 Å². The maximum Gasteiger partial charge on any atom is 0.156 e. The molecule has 4 rings (SSSR count). The van der Waals surface area contributed by atoms with Crippen LogP contribution in [0.4, 0.5) is 0 Å². The third-order valence-corrected chi connectivity index (χ3v) is 11.3. The fourth-order valence-corrected chi connectivity index (χ4v) is 7.03. The van der Waals surface area contributed by atoms with Crippen LogP contribution >= 0.6 is 14.3 Å². The highest BCUT2D eigenvalue weighted by molar-refractivity contribution is 7.77. The number of benzene rings is 2. The van der Waals surface area contributed by atoms with E-state index in [1.165, 1.54) is 11.6 Å². The Bertz CT molecular complexity index is 1010. The fourth-order valence-electron chi connectivity index (χ4n) is 3.92. The molecule has 2 aliphatic heterocycles. The lowest BCUT2D eigenvalue weighted by molar-refractivity contribution is 0.161. The van der Waals surface area contributed by atoms with E-state index in [4.69, 9.17) is 0 Å². The minimum absolute atomic E-state index is 0.699. The highest BCUT2D eigenvalue weighted by Gasteiger charge is 2.22. The van der Waals surface area contributed by atoms with Gasteiger partial charge in [-0.3, -0.25) is 0 Å². The van der Waals surface area contributed by atoms with Gasteiger partial charge in [-0.1, -0.05) is 80.4 Å². The van der Waals surface area contributed by atoms with Crippen LogP contribution in [0.5, 0.6) is 0 Å². The topological polar surface area (TPSA) is 64.7 Å². The lowest BCUT2D eigenvalue weighted by Crippen LogP contribution is -2.45. The zero-order valence-corrected chi connectivity index (χ0v) is 24.1. The molecule has 2 aromatic rings. The van der Waals surface area contributed by atoms with Crippen molar-refractivity contribution in [1.29, 1.82) is 0 Å². The lowest BCUT2D eigenvalue weighted by atomic mass is 10.3. The molecule has 202 valence electrons. The average Bonchev–Trinajstić information content (AvgIpc) is 2.99. The quantitative estimate of drug-likeness (QED) is 0.488. The Morgan fingerprint density at radius 1 is 0.730 bits per heavy atom. The van der Waals surface area contributed by atoms with Crippen molar-refractivity contribution in [3.63, 3.8) is 0 Å². The molecule has 37 heavy (non-hydrogen) atoms. The number of rotatable bonds is 8. The Labute approximate surface area is 224 Å². The number of hydrogen-bond acceptors (Lipinski definition) is 6. The predicted octanol–water partition coefficient (Wildman–Crippen LogP) is 4.21. The van der Waals surface area contributed by atoms with Gasteiger partial charge in [0.15, 0.2) is 7.14 Å². The maximum absolute atomic E-state index is 12.9. The number of hydrogen-bond donors (Lipinski definition) is 2. The van der Waals surface area contributed by atoms with Gasteiger partial charge >= 0.3 is 0 Å². The van der Waals surface area contributed by atoms with E-state index in [0.29, 0.717) is 6.16 Å². The van der Waals surface area contributed by atoms with Crippen LogP contribution < -0.4 is 21.2 Å². The van der Waals surface area contributed by atoms with Crippen LogP contribution in [0, 0.1) is 0 Å². The summed E-state index contributed by atoms with van der Waals surface area (Å²) < 4.78 is 24.9. The molecule has 0 spiro atoms. The molecule has 8 heteroatoms. The van der Waals surface area contributed by atoms with Gasteiger partial charge in [-0.05, 0) is 24.5 Å². The molecule has 0 amide bonds. The van der Waals surface area contributed by atoms with Gasteiger partial charge in [0.05, 0.1) is 0 Å². The van der Waals surface area contributed by atoms with Gasteiger partial charge in [0.1, 0.15) is 7.14 Å². The number of likely N-dealkylation sites (N-methyl/N-ethyl adjacent to an activating group) is 1. The first-order valence-electron chi connectivity index (χ1n) is 12.9. The van der Waals surface area contributed by atoms with E-state index in [1.807, 2.05) is 60.7 Å². The Morgan fingerprint density at radius 3 is 1.59 bits per heavy atom. The van der Waals surface area contributed by atoms with Gasteiger partial charge in [0.2, 0.25) is 0 Å². The molecule has 0 radical (unpaired) electrons.